The van der Waals surface area contributed by atoms with E-state index in [0.29, 0.717) is 45.9 Å². The first-order chi connectivity index (χ1) is 48.0. The monoisotopic (exact) mass is 1520 g/mol. The molecule has 4 aromatic heterocycles. The number of hydroxylamine groups is 4. The van der Waals surface area contributed by atoms with Gasteiger partial charge in [0.25, 0.3) is 6.03 Å². The Hall–Kier alpha value is -6.75. The van der Waals surface area contributed by atoms with Crippen molar-refractivity contribution in [1.29, 1.82) is 0 Å². The number of halogens is 1. The fourth-order valence-electron chi connectivity index (χ4n) is 12.0. The van der Waals surface area contributed by atoms with Gasteiger partial charge in [-0.05, 0) is 174 Å². The maximum atomic E-state index is 12.3. The zero-order chi connectivity index (χ0) is 70.1. The number of hydrogen-bond acceptors (Lipinski definition) is 16. The van der Waals surface area contributed by atoms with E-state index in [1.165, 1.54) is 82.9 Å². The van der Waals surface area contributed by atoms with E-state index in [2.05, 4.69) is 151 Å². The fourth-order valence-corrected chi connectivity index (χ4v) is 17.0. The molecule has 9 aliphatic heterocycles. The molecule has 0 saturated carbocycles. The van der Waals surface area contributed by atoms with E-state index in [4.69, 9.17) is 19.0 Å². The number of nitrogens with zero attached hydrogens (tertiary/aromatic N) is 12. The van der Waals surface area contributed by atoms with Crippen molar-refractivity contribution in [3.8, 4) is 0 Å². The second-order valence-electron chi connectivity index (χ2n) is 24.4. The molecule has 5 fully saturated rings. The quantitative estimate of drug-likeness (QED) is 0.0435. The Morgan fingerprint density at radius 1 is 0.560 bits per heavy atom. The smallest absolute Gasteiger partial charge is 0.470 e. The molecule has 4 unspecified atom stereocenters. The van der Waals surface area contributed by atoms with E-state index >= 15 is 0 Å². The van der Waals surface area contributed by atoms with Crippen LogP contribution in [0.15, 0.2) is 217 Å². The molecule has 8 amide bonds. The van der Waals surface area contributed by atoms with Crippen molar-refractivity contribution in [1.82, 2.24) is 57.0 Å². The van der Waals surface area contributed by atoms with Crippen LogP contribution >= 0.6 is 70.0 Å². The molecule has 4 atom stereocenters. The molecule has 0 aliphatic carbocycles. The summed E-state index contributed by atoms with van der Waals surface area (Å²) >= 11 is 9.10. The van der Waals surface area contributed by atoms with Gasteiger partial charge in [0.1, 0.15) is 16.7 Å². The summed E-state index contributed by atoms with van der Waals surface area (Å²) in [4.78, 5) is 73.1. The molecule has 13 heterocycles. The molecule has 518 valence electrons. The average Bonchev–Trinajstić information content (AvgIpc) is 1.62. The fraction of sp³-hybridized carbons (Fsp3) is 0.319. The van der Waals surface area contributed by atoms with E-state index in [0.717, 1.165) is 50.8 Å². The van der Waals surface area contributed by atoms with Crippen LogP contribution in [0, 0.1) is 7.05 Å². The molecule has 20 nitrogen and oxygen atoms in total. The molecular weight excluding hydrogens is 1430 g/mol. The molecule has 16 rings (SSSR count). The van der Waals surface area contributed by atoms with E-state index in [1.54, 1.807) is 45.4 Å². The molecule has 28 heteroatoms. The first kappa shape index (κ1) is 77.4. The van der Waals surface area contributed by atoms with Crippen LogP contribution in [0.4, 0.5) is 19.2 Å². The van der Waals surface area contributed by atoms with E-state index in [1.807, 2.05) is 122 Å². The predicted octanol–water partition coefficient (Wildman–Crippen LogP) is 10.6. The van der Waals surface area contributed by atoms with Gasteiger partial charge in [-0.25, -0.2) is 31.9 Å². The molecule has 0 spiro atoms. The standard InChI is InChI=1S/C15H23BN2O4.C15H15P.C12H13N3O2S.C11H13N3OS.C10H10N3OS.C6H6.C3H2BrNS.Na/c1-6-9-20-18-12-10-17(13(18)19)8-7-11(12)16-21-14(2,3)15(4,5)22-16;1-2-13-16(14-9-5-3-6-10-14)15-11-7-4-8-12-15;1-2-7-17-15-10-8-14(12(15)16)6-4-9(10)11-3-5-13-18-11;1-2-14-9-7-13(11(14)15)6-4-8(9)10-3-5-12-16-10;1-12-8-6-13(10(12)14)5-3-7(8)9-2-4-11-15-9;1-2-4-6-5-3-1;4-3-1-2-5-6-3;/h6-7,12H,1,8-10H2,2-5H3;2-13H,1H3;2-5,10H,1,6-8H2;3-5,9H,2,6-7H2,1H3;2-4,8H,1,5-6H2;1-6H;1-2H;/q;;;;-1;;;+1/p+1/b;13-2+;;;;;;. The van der Waals surface area contributed by atoms with Gasteiger partial charge in [0.15, 0.2) is 0 Å². The number of benzene rings is 3. The van der Waals surface area contributed by atoms with Crippen molar-refractivity contribution < 1.29 is 67.7 Å². The second-order valence-corrected chi connectivity index (χ2v) is 31.4. The molecule has 0 N–H and O–H groups in total. The van der Waals surface area contributed by atoms with E-state index < -0.39 is 26.2 Å². The van der Waals surface area contributed by atoms with Crippen LogP contribution in [0.5, 0.6) is 0 Å². The van der Waals surface area contributed by atoms with Crippen molar-refractivity contribution in [3.05, 3.63) is 239 Å². The zero-order valence-electron chi connectivity index (χ0n) is 57.4. The number of aromatic nitrogens is 4. The molecule has 0 radical (unpaired) electrons. The van der Waals surface area contributed by atoms with Crippen LogP contribution in [0.2, 0.25) is 0 Å². The molecule has 100 heavy (non-hydrogen) atoms. The van der Waals surface area contributed by atoms with Crippen molar-refractivity contribution >= 4 is 129 Å². The van der Waals surface area contributed by atoms with Gasteiger partial charge in [-0.1, -0.05) is 115 Å². The summed E-state index contributed by atoms with van der Waals surface area (Å²) in [5.74, 6) is 2.34. The Labute approximate surface area is 635 Å². The van der Waals surface area contributed by atoms with Gasteiger partial charge in [-0.2, -0.15) is 10.1 Å². The number of carbonyl (C=O) groups excluding carboxylic acids is 4. The normalized spacial score (nSPS) is 20.8. The SMILES string of the molecule is Brc1ccns1.C/C=C/[PH+](c1ccccc1)c1ccccc1.C=CCON1C(=O)N2CC=C(B3OC(C)(C)C(C)(C)O3)C1C2.C=CCON1C(=O)N2CC=C(c3ccns3)C1C2.CCN1C(=O)N2CC=C(c3ccns3)C1C2.[CH2-]N1C(=O)N2CC=C(c3ccns3)C1C2.[Na+].c1ccccc1. The first-order valence-electron chi connectivity index (χ1n) is 32.6. The Morgan fingerprint density at radius 2 is 0.950 bits per heavy atom. The largest absolute Gasteiger partial charge is 1.00 e. The first-order valence-corrected chi connectivity index (χ1v) is 38.1. The van der Waals surface area contributed by atoms with Gasteiger partial charge in [0.2, 0.25) is 0 Å². The minimum Gasteiger partial charge on any atom is -0.470 e. The number of carbonyl (C=O) groups is 4. The molecule has 8 bridgehead atoms. The number of amides is 8. The van der Waals surface area contributed by atoms with E-state index in [-0.39, 0.29) is 77.8 Å². The summed E-state index contributed by atoms with van der Waals surface area (Å²) in [7, 11) is 2.63. The number of allylic oxidation sites excluding steroid dienone is 1. The summed E-state index contributed by atoms with van der Waals surface area (Å²) in [5.41, 5.74) is 3.75. The minimum atomic E-state index is -0.731. The summed E-state index contributed by atoms with van der Waals surface area (Å²) in [5, 5.41) is 5.76. The molecule has 7 aromatic rings. The maximum Gasteiger partial charge on any atom is 1.00 e. The van der Waals surface area contributed by atoms with Crippen LogP contribution < -0.4 is 40.2 Å². The maximum absolute atomic E-state index is 12.3. The van der Waals surface area contributed by atoms with Crippen LogP contribution in [0.3, 0.4) is 0 Å². The number of likely N-dealkylation sites (N-methyl/N-ethyl adjacent to an activating group) is 1. The third kappa shape index (κ3) is 18.7. The summed E-state index contributed by atoms with van der Waals surface area (Å²) in [6, 6.07) is 41.5. The number of fused-ring (bicyclic) bond motifs is 8. The summed E-state index contributed by atoms with van der Waals surface area (Å²) in [6.07, 6.45) is 20.9. The summed E-state index contributed by atoms with van der Waals surface area (Å²) in [6.45, 7) is 26.3. The van der Waals surface area contributed by atoms with Crippen molar-refractivity contribution in [2.45, 2.75) is 76.9 Å². The van der Waals surface area contributed by atoms with Gasteiger partial charge >= 0.3 is 54.8 Å². The third-order valence-electron chi connectivity index (χ3n) is 17.7. The van der Waals surface area contributed by atoms with Crippen molar-refractivity contribution in [2.75, 3.05) is 72.1 Å². The number of hydrogen-bond donors (Lipinski definition) is 0. The van der Waals surface area contributed by atoms with E-state index in [9.17, 15) is 19.2 Å². The summed E-state index contributed by atoms with van der Waals surface area (Å²) < 4.78 is 29.5. The topological polar surface area (TPSA) is 183 Å². The Balaban J connectivity index is 0.000000140. The van der Waals surface area contributed by atoms with Crippen molar-refractivity contribution in [2.24, 2.45) is 0 Å². The minimum absolute atomic E-state index is 0. The van der Waals surface area contributed by atoms with Gasteiger partial charge in [0, 0.05) is 83.2 Å². The molecule has 9 aliphatic rings. The van der Waals surface area contributed by atoms with Gasteiger partial charge < -0.3 is 38.7 Å². The third-order valence-corrected chi connectivity index (χ3v) is 23.9. The van der Waals surface area contributed by atoms with Crippen LogP contribution in [-0.4, -0.2) is 196 Å². The van der Waals surface area contributed by atoms with Crippen molar-refractivity contribution in [3.63, 3.8) is 0 Å². The number of urea groups is 4. The van der Waals surface area contributed by atoms with Gasteiger partial charge in [0.05, 0.1) is 75.2 Å². The number of rotatable bonds is 14. The Kier molecular flexibility index (Phi) is 28.6. The predicted molar refractivity (Wildman–Crippen MR) is 405 cm³/mol. The molecular formula is C72H83BBrN12NaO8PS4+. The van der Waals surface area contributed by atoms with Crippen LogP contribution in [0.25, 0.3) is 16.7 Å². The van der Waals surface area contributed by atoms with Gasteiger partial charge in [-0.3, -0.25) is 21.5 Å². The Bertz CT molecular complexity index is 3870. The molecule has 5 saturated heterocycles. The average molecular weight is 1520 g/mol. The van der Waals surface area contributed by atoms with Crippen LogP contribution in [-0.2, 0) is 19.0 Å². The van der Waals surface area contributed by atoms with Crippen LogP contribution in [0.1, 0.15) is 56.2 Å². The molecule has 3 aromatic carbocycles. The second kappa shape index (κ2) is 36.9. The zero-order valence-corrected chi connectivity index (χ0v) is 65.3. The Morgan fingerprint density at radius 3 is 1.37 bits per heavy atom. The van der Waals surface area contributed by atoms with Gasteiger partial charge in [-0.15, -0.1) is 13.2 Å².